The molecular formula is C11H21N3. The van der Waals surface area contributed by atoms with E-state index in [1.54, 1.807) is 0 Å². The van der Waals surface area contributed by atoms with E-state index in [1.807, 2.05) is 13.2 Å². The predicted octanol–water partition coefficient (Wildman–Crippen LogP) is 1.97. The Morgan fingerprint density at radius 3 is 2.71 bits per heavy atom. The minimum absolute atomic E-state index is 1.12. The highest BCUT2D eigenvalue weighted by atomic mass is 15.0. The van der Waals surface area contributed by atoms with E-state index in [9.17, 15) is 0 Å². The average molecular weight is 195 g/mol. The van der Waals surface area contributed by atoms with Gasteiger partial charge < -0.3 is 9.88 Å². The van der Waals surface area contributed by atoms with Crippen LogP contribution in [0.1, 0.15) is 31.5 Å². The van der Waals surface area contributed by atoms with Gasteiger partial charge in [-0.25, -0.2) is 4.98 Å². The molecule has 0 saturated carbocycles. The van der Waals surface area contributed by atoms with Gasteiger partial charge in [0.1, 0.15) is 5.82 Å². The van der Waals surface area contributed by atoms with Gasteiger partial charge in [0.25, 0.3) is 0 Å². The number of aryl methyl sites for hydroxylation is 2. The van der Waals surface area contributed by atoms with Crippen LogP contribution in [0.5, 0.6) is 0 Å². The predicted molar refractivity (Wildman–Crippen MR) is 59.4 cm³/mol. The Kier molecular flexibility index (Phi) is 5.30. The second-order valence-corrected chi connectivity index (χ2v) is 3.69. The monoisotopic (exact) mass is 195 g/mol. The molecule has 0 aromatic carbocycles. The fraction of sp³-hybridized carbons (Fsp3) is 0.727. The minimum atomic E-state index is 1.12. The average Bonchev–Trinajstić information content (AvgIpc) is 2.58. The van der Waals surface area contributed by atoms with Crippen LogP contribution in [0.15, 0.2) is 12.4 Å². The maximum Gasteiger partial charge on any atom is 0.105 e. The molecule has 1 heterocycles. The summed E-state index contributed by atoms with van der Waals surface area (Å²) in [6.45, 7) is 4.32. The third-order valence-electron chi connectivity index (χ3n) is 2.50. The summed E-state index contributed by atoms with van der Waals surface area (Å²) in [7, 11) is 2.01. The van der Waals surface area contributed by atoms with Gasteiger partial charge in [0.15, 0.2) is 0 Å². The number of hydrogen-bond acceptors (Lipinski definition) is 2. The molecule has 0 saturated heterocycles. The van der Waals surface area contributed by atoms with Crippen molar-refractivity contribution in [3.8, 4) is 0 Å². The number of aromatic nitrogens is 2. The lowest BCUT2D eigenvalue weighted by atomic mass is 10.2. The first-order chi connectivity index (χ1) is 6.84. The van der Waals surface area contributed by atoms with Crippen LogP contribution >= 0.6 is 0 Å². The smallest absolute Gasteiger partial charge is 0.105 e. The highest BCUT2D eigenvalue weighted by molar-refractivity contribution is 4.87. The summed E-state index contributed by atoms with van der Waals surface area (Å²) in [5.74, 6) is 1.13. The molecule has 80 valence electrons. The summed E-state index contributed by atoms with van der Waals surface area (Å²) in [6.07, 6.45) is 9.13. The van der Waals surface area contributed by atoms with E-state index in [2.05, 4.69) is 28.0 Å². The lowest BCUT2D eigenvalue weighted by molar-refractivity contribution is 0.556. The van der Waals surface area contributed by atoms with E-state index < -0.39 is 0 Å². The molecule has 0 aliphatic carbocycles. The van der Waals surface area contributed by atoms with Gasteiger partial charge in [-0.15, -0.1) is 0 Å². The van der Waals surface area contributed by atoms with Crippen LogP contribution < -0.4 is 5.32 Å². The molecule has 3 heteroatoms. The minimum Gasteiger partial charge on any atom is -0.335 e. The molecule has 1 rings (SSSR count). The molecule has 3 nitrogen and oxygen atoms in total. The number of nitrogens with one attached hydrogen (secondary N) is 1. The van der Waals surface area contributed by atoms with Gasteiger partial charge in [-0.05, 0) is 33.4 Å². The third-order valence-corrected chi connectivity index (χ3v) is 2.50. The van der Waals surface area contributed by atoms with E-state index in [1.165, 1.54) is 25.7 Å². The van der Waals surface area contributed by atoms with Crippen LogP contribution in [0.2, 0.25) is 0 Å². The van der Waals surface area contributed by atoms with Crippen molar-refractivity contribution in [2.45, 2.75) is 39.2 Å². The van der Waals surface area contributed by atoms with Crippen molar-refractivity contribution in [1.29, 1.82) is 0 Å². The fourth-order valence-corrected chi connectivity index (χ4v) is 1.58. The lowest BCUT2D eigenvalue weighted by Crippen LogP contribution is -2.07. The highest BCUT2D eigenvalue weighted by Crippen LogP contribution is 2.03. The van der Waals surface area contributed by atoms with Crippen molar-refractivity contribution >= 4 is 0 Å². The van der Waals surface area contributed by atoms with Gasteiger partial charge in [0.05, 0.1) is 0 Å². The Hall–Kier alpha value is -0.830. The van der Waals surface area contributed by atoms with Crippen molar-refractivity contribution in [1.82, 2.24) is 14.9 Å². The molecular weight excluding hydrogens is 174 g/mol. The van der Waals surface area contributed by atoms with Crippen LogP contribution in [0.25, 0.3) is 0 Å². The van der Waals surface area contributed by atoms with Crippen LogP contribution in [0, 0.1) is 6.92 Å². The summed E-state index contributed by atoms with van der Waals surface area (Å²) in [5.41, 5.74) is 0. The topological polar surface area (TPSA) is 29.9 Å². The standard InChI is InChI=1S/C11H21N3/c1-11-13-8-10-14(11)9-6-4-3-5-7-12-2/h8,10,12H,3-7,9H2,1-2H3. The van der Waals surface area contributed by atoms with Crippen molar-refractivity contribution in [2.75, 3.05) is 13.6 Å². The van der Waals surface area contributed by atoms with Crippen molar-refractivity contribution in [3.63, 3.8) is 0 Å². The summed E-state index contributed by atoms with van der Waals surface area (Å²) >= 11 is 0. The Morgan fingerprint density at radius 2 is 2.07 bits per heavy atom. The molecule has 0 amide bonds. The molecule has 1 aromatic heterocycles. The maximum absolute atomic E-state index is 4.20. The van der Waals surface area contributed by atoms with Gasteiger partial charge in [-0.3, -0.25) is 0 Å². The molecule has 1 aromatic rings. The highest BCUT2D eigenvalue weighted by Gasteiger charge is 1.95. The number of rotatable bonds is 7. The SMILES string of the molecule is CNCCCCCCn1ccnc1C. The summed E-state index contributed by atoms with van der Waals surface area (Å²) in [5, 5.41) is 3.17. The van der Waals surface area contributed by atoms with E-state index in [0.717, 1.165) is 18.9 Å². The van der Waals surface area contributed by atoms with E-state index in [0.29, 0.717) is 0 Å². The molecule has 0 atom stereocenters. The Balaban J connectivity index is 2.02. The number of imidazole rings is 1. The van der Waals surface area contributed by atoms with Gasteiger partial charge >= 0.3 is 0 Å². The van der Waals surface area contributed by atoms with E-state index in [4.69, 9.17) is 0 Å². The van der Waals surface area contributed by atoms with Gasteiger partial charge in [0, 0.05) is 18.9 Å². The van der Waals surface area contributed by atoms with Crippen LogP contribution in [-0.4, -0.2) is 23.1 Å². The van der Waals surface area contributed by atoms with Crippen LogP contribution in [0.4, 0.5) is 0 Å². The molecule has 0 aliphatic heterocycles. The molecule has 0 bridgehead atoms. The third kappa shape index (κ3) is 3.92. The largest absolute Gasteiger partial charge is 0.335 e. The number of unbranched alkanes of at least 4 members (excludes halogenated alkanes) is 3. The molecule has 0 fully saturated rings. The van der Waals surface area contributed by atoms with Gasteiger partial charge in [-0.2, -0.15) is 0 Å². The lowest BCUT2D eigenvalue weighted by Gasteiger charge is -2.04. The maximum atomic E-state index is 4.20. The Morgan fingerprint density at radius 1 is 1.29 bits per heavy atom. The summed E-state index contributed by atoms with van der Waals surface area (Å²) < 4.78 is 2.22. The quantitative estimate of drug-likeness (QED) is 0.674. The van der Waals surface area contributed by atoms with Gasteiger partial charge in [-0.1, -0.05) is 12.8 Å². The second kappa shape index (κ2) is 6.60. The Labute approximate surface area is 86.5 Å². The Bertz CT molecular complexity index is 242. The second-order valence-electron chi connectivity index (χ2n) is 3.69. The van der Waals surface area contributed by atoms with Crippen LogP contribution in [-0.2, 0) is 6.54 Å². The molecule has 0 radical (unpaired) electrons. The first-order valence-corrected chi connectivity index (χ1v) is 5.47. The van der Waals surface area contributed by atoms with E-state index >= 15 is 0 Å². The normalized spacial score (nSPS) is 10.7. The molecule has 0 spiro atoms. The summed E-state index contributed by atoms with van der Waals surface area (Å²) in [4.78, 5) is 4.20. The van der Waals surface area contributed by atoms with Crippen LogP contribution in [0.3, 0.4) is 0 Å². The molecule has 0 aliphatic rings. The zero-order valence-corrected chi connectivity index (χ0v) is 9.29. The van der Waals surface area contributed by atoms with Gasteiger partial charge in [0.2, 0.25) is 0 Å². The first kappa shape index (κ1) is 11.2. The van der Waals surface area contributed by atoms with Crippen molar-refractivity contribution < 1.29 is 0 Å². The molecule has 1 N–H and O–H groups in total. The number of hydrogen-bond donors (Lipinski definition) is 1. The fourth-order valence-electron chi connectivity index (χ4n) is 1.58. The zero-order chi connectivity index (χ0) is 10.2. The van der Waals surface area contributed by atoms with E-state index in [-0.39, 0.29) is 0 Å². The molecule has 0 unspecified atom stereocenters. The summed E-state index contributed by atoms with van der Waals surface area (Å²) in [6, 6.07) is 0. The number of nitrogens with zero attached hydrogens (tertiary/aromatic N) is 2. The van der Waals surface area contributed by atoms with Crippen molar-refractivity contribution in [2.24, 2.45) is 0 Å². The van der Waals surface area contributed by atoms with Crippen molar-refractivity contribution in [3.05, 3.63) is 18.2 Å². The zero-order valence-electron chi connectivity index (χ0n) is 9.29. The molecule has 14 heavy (non-hydrogen) atoms. The first-order valence-electron chi connectivity index (χ1n) is 5.47.